The van der Waals surface area contributed by atoms with E-state index in [0.29, 0.717) is 0 Å². The predicted octanol–water partition coefficient (Wildman–Crippen LogP) is 22.4. The summed E-state index contributed by atoms with van der Waals surface area (Å²) < 4.78 is 14.4. The second-order valence-corrected chi connectivity index (χ2v) is 21.7. The molecular weight excluding hydrogens is 1010 g/mol. The Kier molecular flexibility index (Phi) is 12.2. The van der Waals surface area contributed by atoms with Crippen molar-refractivity contribution in [1.82, 2.24) is 0 Å². The molecule has 14 aromatic rings. The number of hydrogen-bond donors (Lipinski definition) is 1. The van der Waals surface area contributed by atoms with Crippen LogP contribution in [0.5, 0.6) is 5.75 Å². The van der Waals surface area contributed by atoms with Crippen molar-refractivity contribution in [3.8, 4) is 50.3 Å². The first-order valence-electron chi connectivity index (χ1n) is 28.5. The first-order valence-corrected chi connectivity index (χ1v) is 28.5. The van der Waals surface area contributed by atoms with Crippen LogP contribution in [0.1, 0.15) is 30.9 Å². The molecule has 0 amide bonds. The van der Waals surface area contributed by atoms with Gasteiger partial charge in [-0.2, -0.15) is 0 Å². The second kappa shape index (κ2) is 20.5. The summed E-state index contributed by atoms with van der Waals surface area (Å²) in [5.74, 6) is 0.248. The molecule has 0 saturated carbocycles. The smallest absolute Gasteiger partial charge is 0.159 e. The van der Waals surface area contributed by atoms with Gasteiger partial charge in [0.2, 0.25) is 0 Å². The number of aryl methyl sites for hydroxylation is 1. The van der Waals surface area contributed by atoms with E-state index in [-0.39, 0.29) is 5.75 Å². The zero-order valence-corrected chi connectivity index (χ0v) is 46.1. The molecule has 2 aromatic heterocycles. The van der Waals surface area contributed by atoms with Crippen LogP contribution < -0.4 is 9.80 Å². The van der Waals surface area contributed by atoms with Crippen LogP contribution in [-0.2, 0) is 0 Å². The number of anilines is 6. The maximum absolute atomic E-state index is 12.1. The molecule has 0 bridgehead atoms. The molecule has 2 heterocycles. The third-order valence-corrected chi connectivity index (χ3v) is 16.8. The average Bonchev–Trinajstić information content (AvgIpc) is 3.12. The highest BCUT2D eigenvalue weighted by molar-refractivity contribution is 6.23. The molecule has 1 aliphatic rings. The van der Waals surface area contributed by atoms with Gasteiger partial charge in [-0.1, -0.05) is 206 Å². The van der Waals surface area contributed by atoms with Gasteiger partial charge in [0, 0.05) is 72.8 Å². The number of allylic oxidation sites excluding steroid dienone is 4. The molecule has 0 aliphatic heterocycles. The normalized spacial score (nSPS) is 12.6. The van der Waals surface area contributed by atoms with E-state index in [9.17, 15) is 5.11 Å². The Hall–Kier alpha value is -10.6. The van der Waals surface area contributed by atoms with E-state index in [2.05, 4.69) is 260 Å². The quantitative estimate of drug-likeness (QED) is 0.140. The summed E-state index contributed by atoms with van der Waals surface area (Å²) in [6.07, 6.45) is 6.49. The van der Waals surface area contributed by atoms with E-state index in [1.54, 1.807) is 0 Å². The minimum absolute atomic E-state index is 0.248. The molecular formula is C78H56N2O3. The number of rotatable bonds is 11. The molecule has 0 unspecified atom stereocenters. The van der Waals surface area contributed by atoms with Gasteiger partial charge in [-0.05, 0) is 137 Å². The van der Waals surface area contributed by atoms with E-state index in [4.69, 9.17) is 8.83 Å². The molecule has 83 heavy (non-hydrogen) atoms. The SMILES string of the molecule is CC1=C(c2cccc3c2oc2c(N(c4ccc(-c5ccccc5)cc4)c4ccc5c(c4)oc4cc(N(c6ccc(-c7ccccc7)cc6)c6cccc(-c7cccc(-c8ccccc8C)c7O)c6)c6ccccc6c45)cccc23)CCC=C1. The number of furan rings is 2. The molecule has 15 rings (SSSR count). The van der Waals surface area contributed by atoms with Gasteiger partial charge in [0.05, 0.1) is 17.1 Å². The summed E-state index contributed by atoms with van der Waals surface area (Å²) >= 11 is 0. The third-order valence-electron chi connectivity index (χ3n) is 16.8. The molecule has 12 aromatic carbocycles. The molecule has 1 N–H and O–H groups in total. The van der Waals surface area contributed by atoms with Gasteiger partial charge < -0.3 is 23.7 Å². The molecule has 0 saturated heterocycles. The lowest BCUT2D eigenvalue weighted by Crippen LogP contribution is -2.10. The van der Waals surface area contributed by atoms with Crippen molar-refractivity contribution in [2.75, 3.05) is 9.80 Å². The summed E-state index contributed by atoms with van der Waals surface area (Å²) in [7, 11) is 0. The minimum Gasteiger partial charge on any atom is -0.507 e. The van der Waals surface area contributed by atoms with E-state index in [1.165, 1.54) is 11.1 Å². The van der Waals surface area contributed by atoms with Gasteiger partial charge in [0.25, 0.3) is 0 Å². The Morgan fingerprint density at radius 1 is 0.361 bits per heavy atom. The van der Waals surface area contributed by atoms with Crippen LogP contribution in [0.4, 0.5) is 34.1 Å². The lowest BCUT2D eigenvalue weighted by atomic mass is 9.91. The number of para-hydroxylation sites is 3. The van der Waals surface area contributed by atoms with Crippen molar-refractivity contribution in [3.63, 3.8) is 0 Å². The Bertz CT molecular complexity index is 4870. The maximum atomic E-state index is 12.1. The highest BCUT2D eigenvalue weighted by Gasteiger charge is 2.26. The first kappa shape index (κ1) is 49.4. The lowest BCUT2D eigenvalue weighted by molar-refractivity contribution is 0.479. The lowest BCUT2D eigenvalue weighted by Gasteiger charge is -2.28. The Balaban J connectivity index is 0.906. The number of phenols is 1. The zero-order valence-electron chi connectivity index (χ0n) is 46.1. The summed E-state index contributed by atoms with van der Waals surface area (Å²) in [5.41, 5.74) is 21.9. The number of nitrogens with zero attached hydrogens (tertiary/aromatic N) is 2. The highest BCUT2D eigenvalue weighted by Crippen LogP contribution is 2.50. The monoisotopic (exact) mass is 1070 g/mol. The minimum atomic E-state index is 0.248. The molecule has 1 aliphatic carbocycles. The van der Waals surface area contributed by atoms with Gasteiger partial charge in [-0.15, -0.1) is 0 Å². The maximum Gasteiger partial charge on any atom is 0.159 e. The first-order chi connectivity index (χ1) is 40.9. The van der Waals surface area contributed by atoms with Gasteiger partial charge in [0.15, 0.2) is 5.58 Å². The summed E-state index contributed by atoms with van der Waals surface area (Å²) in [6, 6.07) is 91.9. The summed E-state index contributed by atoms with van der Waals surface area (Å²) in [4.78, 5) is 4.63. The van der Waals surface area contributed by atoms with Gasteiger partial charge in [-0.3, -0.25) is 0 Å². The molecule has 0 fully saturated rings. The molecule has 0 atom stereocenters. The summed E-state index contributed by atoms with van der Waals surface area (Å²) in [5, 5.41) is 18.5. The topological polar surface area (TPSA) is 53.0 Å². The number of benzene rings is 12. The molecule has 396 valence electrons. The van der Waals surface area contributed by atoms with Crippen LogP contribution >= 0.6 is 0 Å². The Labute approximate surface area is 482 Å². The van der Waals surface area contributed by atoms with E-state index < -0.39 is 0 Å². The van der Waals surface area contributed by atoms with Gasteiger partial charge in [-0.25, -0.2) is 0 Å². The average molecular weight is 1070 g/mol. The van der Waals surface area contributed by atoms with Crippen molar-refractivity contribution in [1.29, 1.82) is 0 Å². The Morgan fingerprint density at radius 2 is 0.904 bits per heavy atom. The standard InChI is InChI=1S/C78H56N2O3/c1-50-19-9-11-27-61(50)66-32-16-31-63(76(66)81)56-25-15-26-59(47-56)80(58-43-39-55(40-44-58)53-23-7-4-8-24-53)72-49-74-75(65-30-14-13-29-64(65)72)70-46-45-60(48-73(70)82-74)79(57-41-37-54(38-42-57)52-21-5-3-6-22-52)71-36-18-35-69-68-34-17-33-67(77(68)83-78(69)71)62-28-12-10-20-51(62)2/h3-11,13-27,29-49,81H,12,28H2,1-2H3. The predicted molar refractivity (Wildman–Crippen MR) is 347 cm³/mol. The van der Waals surface area contributed by atoms with Crippen molar-refractivity contribution in [2.45, 2.75) is 26.7 Å². The fourth-order valence-corrected chi connectivity index (χ4v) is 12.7. The summed E-state index contributed by atoms with van der Waals surface area (Å²) in [6.45, 7) is 4.29. The van der Waals surface area contributed by atoms with Crippen molar-refractivity contribution < 1.29 is 13.9 Å². The number of fused-ring (bicyclic) bond motifs is 8. The largest absolute Gasteiger partial charge is 0.507 e. The van der Waals surface area contributed by atoms with Gasteiger partial charge in [0.1, 0.15) is 22.5 Å². The zero-order chi connectivity index (χ0) is 55.5. The van der Waals surface area contributed by atoms with Crippen molar-refractivity contribution in [3.05, 3.63) is 290 Å². The van der Waals surface area contributed by atoms with Crippen molar-refractivity contribution in [2.24, 2.45) is 0 Å². The van der Waals surface area contributed by atoms with Crippen molar-refractivity contribution >= 4 is 94.3 Å². The van der Waals surface area contributed by atoms with Crippen LogP contribution in [0.2, 0.25) is 0 Å². The van der Waals surface area contributed by atoms with Crippen LogP contribution in [0, 0.1) is 6.92 Å². The van der Waals surface area contributed by atoms with Gasteiger partial charge >= 0.3 is 0 Å². The molecule has 5 heteroatoms. The van der Waals surface area contributed by atoms with Crippen LogP contribution in [0.25, 0.3) is 105 Å². The third kappa shape index (κ3) is 8.64. The van der Waals surface area contributed by atoms with E-state index in [0.717, 1.165) is 157 Å². The van der Waals surface area contributed by atoms with Crippen LogP contribution in [0.15, 0.2) is 287 Å². The number of phenolic OH excluding ortho intramolecular Hbond substituents is 1. The van der Waals surface area contributed by atoms with E-state index >= 15 is 0 Å². The Morgan fingerprint density at radius 3 is 1.63 bits per heavy atom. The fourth-order valence-electron chi connectivity index (χ4n) is 12.7. The molecule has 0 spiro atoms. The number of hydrogen-bond acceptors (Lipinski definition) is 5. The molecule has 5 nitrogen and oxygen atoms in total. The van der Waals surface area contributed by atoms with Crippen LogP contribution in [-0.4, -0.2) is 5.11 Å². The highest BCUT2D eigenvalue weighted by atomic mass is 16.3. The van der Waals surface area contributed by atoms with E-state index in [1.807, 2.05) is 36.4 Å². The molecule has 0 radical (unpaired) electrons. The second-order valence-electron chi connectivity index (χ2n) is 21.7. The fraction of sp³-hybridized carbons (Fsp3) is 0.0513. The van der Waals surface area contributed by atoms with Crippen LogP contribution in [0.3, 0.4) is 0 Å². The number of aromatic hydroxyl groups is 1.